The molecule has 0 bridgehead atoms. The van der Waals surface area contributed by atoms with Gasteiger partial charge in [0.25, 0.3) is 0 Å². The first-order chi connectivity index (χ1) is 13.3. The number of piperazine rings is 1. The number of carbonyl (C=O) groups excluding carboxylic acids is 1. The van der Waals surface area contributed by atoms with E-state index in [1.165, 1.54) is 31.2 Å². The molecule has 1 aliphatic rings. The summed E-state index contributed by atoms with van der Waals surface area (Å²) in [6, 6.07) is 12.5. The van der Waals surface area contributed by atoms with E-state index in [1.54, 1.807) is 24.3 Å². The highest BCUT2D eigenvalue weighted by molar-refractivity contribution is 7.89. The van der Waals surface area contributed by atoms with Crippen LogP contribution in [0.2, 0.25) is 0 Å². The lowest BCUT2D eigenvalue weighted by Crippen LogP contribution is -2.48. The monoisotopic (exact) mass is 405 g/mol. The number of Topliss-reactive ketones (excluding diaryl/α,β-unsaturated/α-hetero) is 1. The van der Waals surface area contributed by atoms with Gasteiger partial charge in [-0.1, -0.05) is 12.1 Å². The van der Waals surface area contributed by atoms with E-state index >= 15 is 0 Å². The zero-order valence-corrected chi connectivity index (χ0v) is 16.6. The largest absolute Gasteiger partial charge is 0.369 e. The maximum Gasteiger partial charge on any atom is 0.240 e. The minimum Gasteiger partial charge on any atom is -0.369 e. The molecule has 0 atom stereocenters. The molecule has 0 aliphatic carbocycles. The van der Waals surface area contributed by atoms with Crippen LogP contribution in [-0.4, -0.2) is 58.4 Å². The van der Waals surface area contributed by atoms with Crippen molar-refractivity contribution in [1.82, 2.24) is 9.62 Å². The van der Waals surface area contributed by atoms with Crippen LogP contribution in [0.3, 0.4) is 0 Å². The van der Waals surface area contributed by atoms with E-state index in [9.17, 15) is 17.6 Å². The number of rotatable bonds is 7. The Bertz CT molecular complexity index is 924. The van der Waals surface area contributed by atoms with Gasteiger partial charge in [0.15, 0.2) is 5.78 Å². The molecule has 8 heteroatoms. The Labute approximate surface area is 165 Å². The number of hydrogen-bond acceptors (Lipinski definition) is 5. The fraction of sp³-hybridized carbons (Fsp3) is 0.350. The fourth-order valence-corrected chi connectivity index (χ4v) is 4.25. The average molecular weight is 405 g/mol. The number of halogens is 1. The predicted octanol–water partition coefficient (Wildman–Crippen LogP) is 2.13. The summed E-state index contributed by atoms with van der Waals surface area (Å²) >= 11 is 0. The van der Waals surface area contributed by atoms with Crippen molar-refractivity contribution in [1.29, 1.82) is 0 Å². The molecule has 0 unspecified atom stereocenters. The molecule has 3 rings (SSSR count). The molecule has 0 radical (unpaired) electrons. The number of benzene rings is 2. The van der Waals surface area contributed by atoms with Crippen LogP contribution in [0.25, 0.3) is 0 Å². The molecule has 1 aliphatic heterocycles. The molecule has 6 nitrogen and oxygen atoms in total. The molecule has 0 amide bonds. The lowest BCUT2D eigenvalue weighted by atomic mass is 10.2. The van der Waals surface area contributed by atoms with E-state index in [1.807, 2.05) is 0 Å². The van der Waals surface area contributed by atoms with Crippen molar-refractivity contribution in [3.8, 4) is 0 Å². The average Bonchev–Trinajstić information content (AvgIpc) is 2.69. The van der Waals surface area contributed by atoms with Gasteiger partial charge in [0.05, 0.1) is 4.90 Å². The topological polar surface area (TPSA) is 69.7 Å². The lowest BCUT2D eigenvalue weighted by Gasteiger charge is -2.36. The standard InChI is InChI=1S/C20H24FN3O3S/c1-16(25)17-3-2-4-20(15-17)28(26,27)22-9-10-23-11-13-24(14-12-23)19-7-5-18(21)6-8-19/h2-8,15,22H,9-14H2,1H3. The van der Waals surface area contributed by atoms with Crippen LogP contribution in [0, 0.1) is 5.82 Å². The number of carbonyl (C=O) groups is 1. The van der Waals surface area contributed by atoms with Crippen LogP contribution >= 0.6 is 0 Å². The molecule has 2 aromatic rings. The third-order valence-electron chi connectivity index (χ3n) is 4.84. The number of anilines is 1. The van der Waals surface area contributed by atoms with E-state index in [4.69, 9.17) is 0 Å². The van der Waals surface area contributed by atoms with Gasteiger partial charge < -0.3 is 4.90 Å². The Balaban J connectivity index is 1.48. The first kappa shape index (κ1) is 20.4. The molecule has 1 N–H and O–H groups in total. The van der Waals surface area contributed by atoms with Gasteiger partial charge in [-0.05, 0) is 43.3 Å². The van der Waals surface area contributed by atoms with Crippen molar-refractivity contribution in [3.63, 3.8) is 0 Å². The molecular formula is C20H24FN3O3S. The Morgan fingerprint density at radius 2 is 1.75 bits per heavy atom. The van der Waals surface area contributed by atoms with Crippen LogP contribution in [0.1, 0.15) is 17.3 Å². The van der Waals surface area contributed by atoms with Crippen molar-refractivity contribution >= 4 is 21.5 Å². The van der Waals surface area contributed by atoms with Crippen molar-refractivity contribution in [2.45, 2.75) is 11.8 Å². The van der Waals surface area contributed by atoms with Crippen LogP contribution in [0.15, 0.2) is 53.4 Å². The molecule has 0 aromatic heterocycles. The molecule has 28 heavy (non-hydrogen) atoms. The summed E-state index contributed by atoms with van der Waals surface area (Å²) in [7, 11) is -3.65. The zero-order chi connectivity index (χ0) is 20.1. The second-order valence-electron chi connectivity index (χ2n) is 6.79. The summed E-state index contributed by atoms with van der Waals surface area (Å²) in [5, 5.41) is 0. The van der Waals surface area contributed by atoms with Gasteiger partial charge >= 0.3 is 0 Å². The summed E-state index contributed by atoms with van der Waals surface area (Å²) in [4.78, 5) is 15.9. The highest BCUT2D eigenvalue weighted by Crippen LogP contribution is 2.17. The van der Waals surface area contributed by atoms with E-state index in [-0.39, 0.29) is 16.5 Å². The highest BCUT2D eigenvalue weighted by atomic mass is 32.2. The Kier molecular flexibility index (Phi) is 6.43. The summed E-state index contributed by atoms with van der Waals surface area (Å²) in [6.07, 6.45) is 0. The smallest absolute Gasteiger partial charge is 0.240 e. The number of ketones is 1. The zero-order valence-electron chi connectivity index (χ0n) is 15.8. The van der Waals surface area contributed by atoms with Gasteiger partial charge in [0.1, 0.15) is 5.82 Å². The van der Waals surface area contributed by atoms with Crippen molar-refractivity contribution in [2.24, 2.45) is 0 Å². The van der Waals surface area contributed by atoms with Crippen molar-refractivity contribution in [3.05, 3.63) is 59.9 Å². The third-order valence-corrected chi connectivity index (χ3v) is 6.29. The van der Waals surface area contributed by atoms with Gasteiger partial charge in [0, 0.05) is 50.5 Å². The second kappa shape index (κ2) is 8.81. The van der Waals surface area contributed by atoms with Gasteiger partial charge in [-0.15, -0.1) is 0 Å². The van der Waals surface area contributed by atoms with Crippen LogP contribution in [0.5, 0.6) is 0 Å². The first-order valence-corrected chi connectivity index (χ1v) is 10.7. The molecule has 2 aromatic carbocycles. The Hall–Kier alpha value is -2.29. The summed E-state index contributed by atoms with van der Waals surface area (Å²) < 4.78 is 40.5. The summed E-state index contributed by atoms with van der Waals surface area (Å²) in [5.74, 6) is -0.417. The Morgan fingerprint density at radius 1 is 1.07 bits per heavy atom. The molecule has 1 fully saturated rings. The molecule has 0 spiro atoms. The lowest BCUT2D eigenvalue weighted by molar-refractivity contribution is 0.101. The molecule has 0 saturated carbocycles. The Morgan fingerprint density at radius 3 is 2.39 bits per heavy atom. The van der Waals surface area contributed by atoms with Crippen molar-refractivity contribution in [2.75, 3.05) is 44.2 Å². The number of hydrogen-bond donors (Lipinski definition) is 1. The quantitative estimate of drug-likeness (QED) is 0.715. The van der Waals surface area contributed by atoms with E-state index in [2.05, 4.69) is 14.5 Å². The molecule has 1 heterocycles. The van der Waals surface area contributed by atoms with Crippen LogP contribution < -0.4 is 9.62 Å². The normalized spacial score (nSPS) is 15.6. The number of nitrogens with zero attached hydrogens (tertiary/aromatic N) is 2. The number of nitrogens with one attached hydrogen (secondary N) is 1. The number of sulfonamides is 1. The molecular weight excluding hydrogens is 381 g/mol. The SMILES string of the molecule is CC(=O)c1cccc(S(=O)(=O)NCCN2CCN(c3ccc(F)cc3)CC2)c1. The highest BCUT2D eigenvalue weighted by Gasteiger charge is 2.19. The maximum absolute atomic E-state index is 13.0. The van der Waals surface area contributed by atoms with Gasteiger partial charge in [0.2, 0.25) is 10.0 Å². The van der Waals surface area contributed by atoms with Gasteiger partial charge in [-0.2, -0.15) is 0 Å². The molecule has 150 valence electrons. The van der Waals surface area contributed by atoms with Gasteiger partial charge in [-0.3, -0.25) is 9.69 Å². The second-order valence-corrected chi connectivity index (χ2v) is 8.55. The first-order valence-electron chi connectivity index (χ1n) is 9.19. The maximum atomic E-state index is 13.0. The summed E-state index contributed by atoms with van der Waals surface area (Å²) in [6.45, 7) is 5.52. The van der Waals surface area contributed by atoms with Crippen LogP contribution in [-0.2, 0) is 10.0 Å². The van der Waals surface area contributed by atoms with E-state index < -0.39 is 10.0 Å². The van der Waals surface area contributed by atoms with Crippen LogP contribution in [0.4, 0.5) is 10.1 Å². The van der Waals surface area contributed by atoms with Crippen molar-refractivity contribution < 1.29 is 17.6 Å². The predicted molar refractivity (Wildman–Crippen MR) is 107 cm³/mol. The minimum absolute atomic E-state index is 0.0985. The molecule has 1 saturated heterocycles. The minimum atomic E-state index is -3.65. The van der Waals surface area contributed by atoms with E-state index in [0.29, 0.717) is 18.7 Å². The third kappa shape index (κ3) is 5.15. The van der Waals surface area contributed by atoms with E-state index in [0.717, 1.165) is 31.9 Å². The summed E-state index contributed by atoms with van der Waals surface area (Å²) in [5.41, 5.74) is 1.37. The van der Waals surface area contributed by atoms with Gasteiger partial charge in [-0.25, -0.2) is 17.5 Å². The fourth-order valence-electron chi connectivity index (χ4n) is 3.19.